The zero-order valence-corrected chi connectivity index (χ0v) is 9.75. The minimum absolute atomic E-state index is 0.00260. The van der Waals surface area contributed by atoms with Crippen molar-refractivity contribution in [2.45, 2.75) is 12.7 Å². The van der Waals surface area contributed by atoms with Gasteiger partial charge >= 0.3 is 0 Å². The molecule has 0 aliphatic rings. The lowest BCUT2D eigenvalue weighted by atomic mass is 10.2. The summed E-state index contributed by atoms with van der Waals surface area (Å²) in [7, 11) is -0.871. The van der Waals surface area contributed by atoms with Crippen LogP contribution in [-0.4, -0.2) is 17.0 Å². The van der Waals surface area contributed by atoms with Gasteiger partial charge in [-0.1, -0.05) is 29.8 Å². The largest absolute Gasteiger partial charge is 0.248 e. The van der Waals surface area contributed by atoms with Crippen molar-refractivity contribution in [3.05, 3.63) is 35.4 Å². The second-order valence-corrected chi connectivity index (χ2v) is 5.88. The molecule has 0 amide bonds. The Bertz CT molecular complexity index is 476. The molecule has 0 heterocycles. The van der Waals surface area contributed by atoms with E-state index >= 15 is 0 Å². The van der Waals surface area contributed by atoms with Crippen molar-refractivity contribution in [3.63, 3.8) is 0 Å². The van der Waals surface area contributed by atoms with Gasteiger partial charge in [0.2, 0.25) is 0 Å². The smallest absolute Gasteiger partial charge is 0.119 e. The van der Waals surface area contributed by atoms with Gasteiger partial charge in [-0.3, -0.25) is 0 Å². The molecule has 0 aliphatic heterocycles. The lowest BCUT2D eigenvalue weighted by molar-refractivity contribution is 0.678. The number of hydrogen-bond donors (Lipinski definition) is 0. The average molecular weight is 222 g/mol. The van der Waals surface area contributed by atoms with Crippen LogP contribution in [0.15, 0.2) is 28.6 Å². The van der Waals surface area contributed by atoms with Gasteiger partial charge in [0.25, 0.3) is 0 Å². The normalized spacial score (nSPS) is 13.9. The fourth-order valence-corrected chi connectivity index (χ4v) is 2.50. The summed E-state index contributed by atoms with van der Waals surface area (Å²) < 4.78 is 15.9. The molecular formula is C11H14N2OS. The van der Waals surface area contributed by atoms with E-state index in [0.29, 0.717) is 5.75 Å². The zero-order valence-electron chi connectivity index (χ0n) is 8.93. The third-order valence-corrected chi connectivity index (χ3v) is 4.17. The van der Waals surface area contributed by atoms with Crippen molar-refractivity contribution < 1.29 is 4.21 Å². The molecule has 0 N–H and O–H groups in total. The molecule has 15 heavy (non-hydrogen) atoms. The molecule has 0 saturated heterocycles. The van der Waals surface area contributed by atoms with Crippen molar-refractivity contribution in [2.75, 3.05) is 12.8 Å². The number of aryl methyl sites for hydroxylation is 1. The second-order valence-electron chi connectivity index (χ2n) is 3.39. The molecule has 0 aromatic heterocycles. The lowest BCUT2D eigenvalue weighted by Crippen LogP contribution is -2.07. The summed E-state index contributed by atoms with van der Waals surface area (Å²) in [6.45, 7) is 2.00. The van der Waals surface area contributed by atoms with Gasteiger partial charge in [-0.25, -0.2) is 8.57 Å². The maximum atomic E-state index is 12.0. The average Bonchev–Trinajstić information content (AvgIpc) is 2.22. The van der Waals surface area contributed by atoms with Crippen LogP contribution >= 0.6 is 0 Å². The number of benzene rings is 1. The van der Waals surface area contributed by atoms with Crippen molar-refractivity contribution in [3.8, 4) is 6.07 Å². The fraction of sp³-hybridized carbons (Fsp3) is 0.364. The van der Waals surface area contributed by atoms with Crippen LogP contribution in [0.1, 0.15) is 11.1 Å². The van der Waals surface area contributed by atoms with Gasteiger partial charge in [0.05, 0.1) is 21.6 Å². The molecule has 1 aromatic carbocycles. The van der Waals surface area contributed by atoms with E-state index in [9.17, 15) is 4.21 Å². The molecule has 1 unspecified atom stereocenters. The molecule has 0 spiro atoms. The standard InChI is InChI=1S/C11H14N2OS/c1-10-3-5-11(6-4-10)9-15(14,13-2)8-7-12/h3-6H,8-9H2,1-2H3. The Balaban J connectivity index is 2.91. The second kappa shape index (κ2) is 4.94. The molecule has 1 aromatic rings. The highest BCUT2D eigenvalue weighted by atomic mass is 32.2. The minimum Gasteiger partial charge on any atom is -0.248 e. The van der Waals surface area contributed by atoms with Gasteiger partial charge in [0.1, 0.15) is 5.75 Å². The molecular weight excluding hydrogens is 208 g/mol. The molecule has 1 rings (SSSR count). The summed E-state index contributed by atoms with van der Waals surface area (Å²) in [5.41, 5.74) is 2.13. The summed E-state index contributed by atoms with van der Waals surface area (Å²) in [5, 5.41) is 8.57. The predicted molar refractivity (Wildman–Crippen MR) is 61.9 cm³/mol. The summed E-state index contributed by atoms with van der Waals surface area (Å²) in [6.07, 6.45) is 0. The number of rotatable bonds is 3. The third kappa shape index (κ3) is 3.37. The summed E-state index contributed by atoms with van der Waals surface area (Å²) >= 11 is 0. The van der Waals surface area contributed by atoms with E-state index in [2.05, 4.69) is 4.36 Å². The van der Waals surface area contributed by atoms with E-state index in [1.54, 1.807) is 0 Å². The van der Waals surface area contributed by atoms with Gasteiger partial charge in [-0.05, 0) is 12.5 Å². The van der Waals surface area contributed by atoms with Crippen molar-refractivity contribution in [1.82, 2.24) is 0 Å². The Morgan fingerprint density at radius 1 is 1.40 bits per heavy atom. The number of hydrogen-bond acceptors (Lipinski definition) is 3. The SMILES string of the molecule is CN=S(=O)(CC#N)Cc1ccc(C)cc1. The molecule has 0 bridgehead atoms. The highest BCUT2D eigenvalue weighted by molar-refractivity contribution is 7.93. The summed E-state index contributed by atoms with van der Waals surface area (Å²) in [6, 6.07) is 9.72. The van der Waals surface area contributed by atoms with Gasteiger partial charge in [0.15, 0.2) is 0 Å². The van der Waals surface area contributed by atoms with Gasteiger partial charge < -0.3 is 0 Å². The van der Waals surface area contributed by atoms with E-state index in [4.69, 9.17) is 5.26 Å². The highest BCUT2D eigenvalue weighted by Gasteiger charge is 2.08. The predicted octanol–water partition coefficient (Wildman–Crippen LogP) is 2.12. The summed E-state index contributed by atoms with van der Waals surface area (Å²) in [4.78, 5) is 0. The van der Waals surface area contributed by atoms with Crippen molar-refractivity contribution in [2.24, 2.45) is 4.36 Å². The fourth-order valence-electron chi connectivity index (χ4n) is 1.23. The molecule has 4 heteroatoms. The van der Waals surface area contributed by atoms with Gasteiger partial charge in [-0.2, -0.15) is 5.26 Å². The van der Waals surface area contributed by atoms with Crippen molar-refractivity contribution in [1.29, 1.82) is 5.26 Å². The van der Waals surface area contributed by atoms with Crippen LogP contribution in [-0.2, 0) is 15.5 Å². The van der Waals surface area contributed by atoms with Crippen LogP contribution in [0.2, 0.25) is 0 Å². The van der Waals surface area contributed by atoms with E-state index in [1.807, 2.05) is 37.3 Å². The number of nitriles is 1. The molecule has 0 saturated carbocycles. The quantitative estimate of drug-likeness (QED) is 0.786. The minimum atomic E-state index is -2.38. The molecule has 3 nitrogen and oxygen atoms in total. The van der Waals surface area contributed by atoms with Crippen LogP contribution in [0.4, 0.5) is 0 Å². The molecule has 0 aliphatic carbocycles. The van der Waals surface area contributed by atoms with Gasteiger partial charge in [-0.15, -0.1) is 0 Å². The number of nitrogens with zero attached hydrogens (tertiary/aromatic N) is 2. The maximum Gasteiger partial charge on any atom is 0.119 e. The first-order valence-corrected chi connectivity index (χ1v) is 6.48. The maximum absolute atomic E-state index is 12.0. The Labute approximate surface area is 90.9 Å². The Kier molecular flexibility index (Phi) is 3.87. The molecule has 0 radical (unpaired) electrons. The first kappa shape index (κ1) is 11.7. The Morgan fingerprint density at radius 2 is 2.00 bits per heavy atom. The lowest BCUT2D eigenvalue weighted by Gasteiger charge is -2.05. The van der Waals surface area contributed by atoms with Gasteiger partial charge in [0, 0.05) is 7.05 Å². The third-order valence-electron chi connectivity index (χ3n) is 2.14. The van der Waals surface area contributed by atoms with Crippen LogP contribution < -0.4 is 0 Å². The zero-order chi connectivity index (χ0) is 11.3. The topological polar surface area (TPSA) is 53.2 Å². The van der Waals surface area contributed by atoms with Crippen LogP contribution in [0.5, 0.6) is 0 Å². The Hall–Kier alpha value is -1.34. The van der Waals surface area contributed by atoms with E-state index in [-0.39, 0.29) is 5.75 Å². The van der Waals surface area contributed by atoms with E-state index < -0.39 is 9.73 Å². The first-order valence-electron chi connectivity index (χ1n) is 4.63. The van der Waals surface area contributed by atoms with Crippen LogP contribution in [0.25, 0.3) is 0 Å². The molecule has 1 atom stereocenters. The Morgan fingerprint density at radius 3 is 2.47 bits per heavy atom. The van der Waals surface area contributed by atoms with E-state index in [0.717, 1.165) is 5.56 Å². The highest BCUT2D eigenvalue weighted by Crippen LogP contribution is 2.09. The van der Waals surface area contributed by atoms with E-state index in [1.165, 1.54) is 12.6 Å². The first-order chi connectivity index (χ1) is 7.09. The molecule has 0 fully saturated rings. The molecule has 80 valence electrons. The summed E-state index contributed by atoms with van der Waals surface area (Å²) in [5.74, 6) is 0.356. The van der Waals surface area contributed by atoms with Crippen LogP contribution in [0, 0.1) is 18.3 Å². The van der Waals surface area contributed by atoms with Crippen molar-refractivity contribution >= 4 is 9.73 Å². The van der Waals surface area contributed by atoms with Crippen LogP contribution in [0.3, 0.4) is 0 Å². The monoisotopic (exact) mass is 222 g/mol.